The van der Waals surface area contributed by atoms with Gasteiger partial charge in [-0.3, -0.25) is 10.1 Å². The van der Waals surface area contributed by atoms with Gasteiger partial charge in [-0.25, -0.2) is 4.68 Å². The Bertz CT molecular complexity index is 728. The molecule has 1 aromatic carbocycles. The number of aromatic nitrogens is 2. The first-order chi connectivity index (χ1) is 9.45. The first-order valence-electron chi connectivity index (χ1n) is 5.81. The largest absolute Gasteiger partial charge is 0.437 e. The molecule has 0 saturated carbocycles. The third kappa shape index (κ3) is 2.19. The van der Waals surface area contributed by atoms with Crippen LogP contribution in [0.4, 0.5) is 5.69 Å². The number of benzene rings is 1. The summed E-state index contributed by atoms with van der Waals surface area (Å²) >= 11 is 0. The summed E-state index contributed by atoms with van der Waals surface area (Å²) in [6.07, 6.45) is 0. The molecule has 7 heteroatoms. The van der Waals surface area contributed by atoms with Crippen molar-refractivity contribution in [2.75, 3.05) is 0 Å². The van der Waals surface area contributed by atoms with Gasteiger partial charge < -0.3 is 4.74 Å². The SMILES string of the molecule is Cc1nn(C)c(Oc2cccc([N+](=O)[O-])c2C)c1C#N. The van der Waals surface area contributed by atoms with Crippen LogP contribution < -0.4 is 4.74 Å². The molecule has 0 saturated heterocycles. The Labute approximate surface area is 115 Å². The summed E-state index contributed by atoms with van der Waals surface area (Å²) in [5, 5.41) is 24.1. The summed E-state index contributed by atoms with van der Waals surface area (Å²) in [7, 11) is 1.65. The molecular formula is C13H12N4O3. The molecule has 0 atom stereocenters. The van der Waals surface area contributed by atoms with E-state index in [1.165, 1.54) is 16.8 Å². The molecule has 2 rings (SSSR count). The van der Waals surface area contributed by atoms with Crippen LogP contribution in [0, 0.1) is 35.3 Å². The van der Waals surface area contributed by atoms with Crippen LogP contribution in [-0.4, -0.2) is 14.7 Å². The van der Waals surface area contributed by atoms with E-state index in [0.717, 1.165) is 0 Å². The lowest BCUT2D eigenvalue weighted by Gasteiger charge is -2.09. The van der Waals surface area contributed by atoms with E-state index in [2.05, 4.69) is 5.10 Å². The summed E-state index contributed by atoms with van der Waals surface area (Å²) in [6, 6.07) is 6.58. The topological polar surface area (TPSA) is 94.0 Å². The van der Waals surface area contributed by atoms with E-state index in [0.29, 0.717) is 22.6 Å². The summed E-state index contributed by atoms with van der Waals surface area (Å²) in [5.41, 5.74) is 1.24. The minimum absolute atomic E-state index is 0.0279. The van der Waals surface area contributed by atoms with Gasteiger partial charge in [0.15, 0.2) is 0 Å². The normalized spacial score (nSPS) is 10.1. The second kappa shape index (κ2) is 5.01. The summed E-state index contributed by atoms with van der Waals surface area (Å²) in [6.45, 7) is 3.30. The van der Waals surface area contributed by atoms with Crippen LogP contribution in [0.15, 0.2) is 18.2 Å². The van der Waals surface area contributed by atoms with Gasteiger partial charge in [-0.2, -0.15) is 10.4 Å². The highest BCUT2D eigenvalue weighted by Crippen LogP contribution is 2.32. The van der Waals surface area contributed by atoms with Crippen LogP contribution >= 0.6 is 0 Å². The molecule has 2 aromatic rings. The third-order valence-electron chi connectivity index (χ3n) is 2.94. The Morgan fingerprint density at radius 2 is 2.15 bits per heavy atom. The first kappa shape index (κ1) is 13.5. The maximum Gasteiger partial charge on any atom is 0.276 e. The number of hydrogen-bond donors (Lipinski definition) is 0. The molecule has 0 amide bonds. The zero-order valence-electron chi connectivity index (χ0n) is 11.2. The van der Waals surface area contributed by atoms with Crippen molar-refractivity contribution in [2.24, 2.45) is 7.05 Å². The van der Waals surface area contributed by atoms with Crippen molar-refractivity contribution in [3.05, 3.63) is 45.1 Å². The average molecular weight is 272 g/mol. The van der Waals surface area contributed by atoms with Gasteiger partial charge in [0.1, 0.15) is 17.4 Å². The Hall–Kier alpha value is -2.88. The molecule has 0 N–H and O–H groups in total. The second-order valence-corrected chi connectivity index (χ2v) is 4.26. The molecule has 1 aromatic heterocycles. The second-order valence-electron chi connectivity index (χ2n) is 4.26. The van der Waals surface area contributed by atoms with E-state index in [1.807, 2.05) is 6.07 Å². The number of hydrogen-bond acceptors (Lipinski definition) is 5. The maximum absolute atomic E-state index is 10.9. The first-order valence-corrected chi connectivity index (χ1v) is 5.81. The van der Waals surface area contributed by atoms with Crippen LogP contribution in [0.1, 0.15) is 16.8 Å². The zero-order valence-corrected chi connectivity index (χ0v) is 11.2. The zero-order chi connectivity index (χ0) is 14.9. The molecule has 0 fully saturated rings. The van der Waals surface area contributed by atoms with E-state index < -0.39 is 4.92 Å². The standard InChI is InChI=1S/C13H12N4O3/c1-8-11(17(18)19)5-4-6-12(8)20-13-10(7-14)9(2)15-16(13)3/h4-6H,1-3H3. The van der Waals surface area contributed by atoms with Gasteiger partial charge in [-0.05, 0) is 19.9 Å². The summed E-state index contributed by atoms with van der Waals surface area (Å²) < 4.78 is 7.08. The number of ether oxygens (including phenoxy) is 1. The fraction of sp³-hybridized carbons (Fsp3) is 0.231. The van der Waals surface area contributed by atoms with Gasteiger partial charge >= 0.3 is 0 Å². The molecule has 1 heterocycles. The molecule has 0 aliphatic rings. The van der Waals surface area contributed by atoms with Gasteiger partial charge in [-0.15, -0.1) is 0 Å². The van der Waals surface area contributed by atoms with Gasteiger partial charge in [0.25, 0.3) is 5.69 Å². The number of nitro benzene ring substituents is 1. The molecule has 0 bridgehead atoms. The van der Waals surface area contributed by atoms with Crippen molar-refractivity contribution >= 4 is 5.69 Å². The molecule has 7 nitrogen and oxygen atoms in total. The van der Waals surface area contributed by atoms with Gasteiger partial charge in [0, 0.05) is 13.1 Å². The predicted molar refractivity (Wildman–Crippen MR) is 70.6 cm³/mol. The lowest BCUT2D eigenvalue weighted by Crippen LogP contribution is -1.99. The van der Waals surface area contributed by atoms with Crippen molar-refractivity contribution in [3.63, 3.8) is 0 Å². The van der Waals surface area contributed by atoms with E-state index in [4.69, 9.17) is 10.00 Å². The molecule has 20 heavy (non-hydrogen) atoms. The molecule has 0 radical (unpaired) electrons. The quantitative estimate of drug-likeness (QED) is 0.632. The lowest BCUT2D eigenvalue weighted by atomic mass is 10.2. The fourth-order valence-corrected chi connectivity index (χ4v) is 1.90. The minimum atomic E-state index is -0.470. The van der Waals surface area contributed by atoms with Gasteiger partial charge in [0.05, 0.1) is 16.2 Å². The van der Waals surface area contributed by atoms with Crippen molar-refractivity contribution in [2.45, 2.75) is 13.8 Å². The lowest BCUT2D eigenvalue weighted by molar-refractivity contribution is -0.385. The molecule has 102 valence electrons. The van der Waals surface area contributed by atoms with Crippen molar-refractivity contribution in [3.8, 4) is 17.7 Å². The van der Waals surface area contributed by atoms with Crippen LogP contribution in [-0.2, 0) is 7.05 Å². The number of nitriles is 1. The Balaban J connectivity index is 2.49. The maximum atomic E-state index is 10.9. The van der Waals surface area contributed by atoms with Crippen molar-refractivity contribution in [1.82, 2.24) is 9.78 Å². The Morgan fingerprint density at radius 1 is 1.45 bits per heavy atom. The van der Waals surface area contributed by atoms with E-state index in [1.54, 1.807) is 27.0 Å². The number of nitro groups is 1. The van der Waals surface area contributed by atoms with E-state index in [-0.39, 0.29) is 11.6 Å². The van der Waals surface area contributed by atoms with Gasteiger partial charge in [0.2, 0.25) is 5.88 Å². The highest BCUT2D eigenvalue weighted by molar-refractivity contribution is 5.51. The Morgan fingerprint density at radius 3 is 2.75 bits per heavy atom. The van der Waals surface area contributed by atoms with E-state index >= 15 is 0 Å². The van der Waals surface area contributed by atoms with Crippen molar-refractivity contribution < 1.29 is 9.66 Å². The van der Waals surface area contributed by atoms with Gasteiger partial charge in [-0.1, -0.05) is 6.07 Å². The fourth-order valence-electron chi connectivity index (χ4n) is 1.90. The summed E-state index contributed by atoms with van der Waals surface area (Å²) in [4.78, 5) is 10.4. The molecule has 0 aliphatic heterocycles. The van der Waals surface area contributed by atoms with Crippen LogP contribution in [0.25, 0.3) is 0 Å². The smallest absolute Gasteiger partial charge is 0.276 e. The molecule has 0 unspecified atom stereocenters. The molecule has 0 aliphatic carbocycles. The Kier molecular flexibility index (Phi) is 3.39. The minimum Gasteiger partial charge on any atom is -0.437 e. The van der Waals surface area contributed by atoms with Crippen LogP contribution in [0.3, 0.4) is 0 Å². The highest BCUT2D eigenvalue weighted by atomic mass is 16.6. The third-order valence-corrected chi connectivity index (χ3v) is 2.94. The van der Waals surface area contributed by atoms with Crippen molar-refractivity contribution in [1.29, 1.82) is 5.26 Å². The highest BCUT2D eigenvalue weighted by Gasteiger charge is 2.19. The number of nitrogens with zero attached hydrogens (tertiary/aromatic N) is 4. The van der Waals surface area contributed by atoms with Crippen LogP contribution in [0.2, 0.25) is 0 Å². The number of rotatable bonds is 3. The number of aryl methyl sites for hydroxylation is 2. The van der Waals surface area contributed by atoms with Crippen LogP contribution in [0.5, 0.6) is 11.6 Å². The monoisotopic (exact) mass is 272 g/mol. The van der Waals surface area contributed by atoms with E-state index in [9.17, 15) is 10.1 Å². The predicted octanol–water partition coefficient (Wildman–Crippen LogP) is 2.61. The summed E-state index contributed by atoms with van der Waals surface area (Å²) in [5.74, 6) is 0.604. The molecule has 0 spiro atoms. The average Bonchev–Trinajstić information content (AvgIpc) is 2.65. The molecular weight excluding hydrogens is 260 g/mol.